The van der Waals surface area contributed by atoms with E-state index in [-0.39, 0.29) is 5.91 Å². The molecule has 32 heavy (non-hydrogen) atoms. The van der Waals surface area contributed by atoms with E-state index in [4.69, 9.17) is 0 Å². The zero-order chi connectivity index (χ0) is 22.2. The molecule has 4 rings (SSSR count). The lowest BCUT2D eigenvalue weighted by atomic mass is 10.1. The van der Waals surface area contributed by atoms with Crippen molar-refractivity contribution in [2.45, 2.75) is 30.8 Å². The summed E-state index contributed by atoms with van der Waals surface area (Å²) in [5.74, 6) is 2.53. The van der Waals surface area contributed by atoms with Crippen LogP contribution in [0.2, 0.25) is 0 Å². The van der Waals surface area contributed by atoms with Crippen LogP contribution in [0.4, 0.5) is 5.69 Å². The Morgan fingerprint density at radius 3 is 2.47 bits per heavy atom. The Morgan fingerprint density at radius 1 is 1.00 bits per heavy atom. The number of thioether (sulfide) groups is 2. The molecule has 4 nitrogen and oxygen atoms in total. The molecule has 0 spiro atoms. The quantitative estimate of drug-likeness (QED) is 0.538. The molecule has 0 saturated carbocycles. The smallest absolute Gasteiger partial charge is 0.251 e. The highest BCUT2D eigenvalue weighted by molar-refractivity contribution is 8.16. The van der Waals surface area contributed by atoms with Gasteiger partial charge in [0, 0.05) is 44.0 Å². The summed E-state index contributed by atoms with van der Waals surface area (Å²) in [6, 6.07) is 17.0. The molecule has 0 aromatic heterocycles. The molecule has 2 aromatic carbocycles. The summed E-state index contributed by atoms with van der Waals surface area (Å²) in [5.41, 5.74) is 4.77. The largest absolute Gasteiger partial charge is 0.369 e. The summed E-state index contributed by atoms with van der Waals surface area (Å²) in [7, 11) is 0. The molecule has 2 aliphatic rings. The summed E-state index contributed by atoms with van der Waals surface area (Å²) in [6.45, 7) is 8.43. The number of aryl methyl sites for hydroxylation is 1. The molecule has 2 aliphatic heterocycles. The molecule has 0 unspecified atom stereocenters. The van der Waals surface area contributed by atoms with Crippen molar-refractivity contribution in [3.8, 4) is 0 Å². The van der Waals surface area contributed by atoms with Gasteiger partial charge in [-0.05, 0) is 79.6 Å². The average Bonchev–Trinajstić information content (AvgIpc) is 2.85. The van der Waals surface area contributed by atoms with E-state index in [1.54, 1.807) is 0 Å². The van der Waals surface area contributed by atoms with Gasteiger partial charge in [0.15, 0.2) is 0 Å². The van der Waals surface area contributed by atoms with Crippen molar-refractivity contribution in [1.29, 1.82) is 0 Å². The van der Waals surface area contributed by atoms with Gasteiger partial charge in [0.05, 0.1) is 4.58 Å². The van der Waals surface area contributed by atoms with Crippen molar-refractivity contribution in [3.05, 3.63) is 65.2 Å². The Morgan fingerprint density at radius 2 is 1.75 bits per heavy atom. The second-order valence-electron chi connectivity index (χ2n) is 8.68. The van der Waals surface area contributed by atoms with E-state index in [1.165, 1.54) is 34.7 Å². The number of unbranched alkanes of at least 4 members (excludes halogenated alkanes) is 1. The molecule has 2 aromatic rings. The maximum Gasteiger partial charge on any atom is 0.251 e. The molecule has 6 heteroatoms. The third-order valence-corrected chi connectivity index (χ3v) is 9.21. The molecular formula is C26H35N3OS2. The van der Waals surface area contributed by atoms with Gasteiger partial charge in [0.1, 0.15) is 0 Å². The van der Waals surface area contributed by atoms with E-state index in [0.717, 1.165) is 57.7 Å². The Balaban J connectivity index is 1.11. The van der Waals surface area contributed by atoms with Gasteiger partial charge >= 0.3 is 0 Å². The zero-order valence-corrected chi connectivity index (χ0v) is 20.7. The van der Waals surface area contributed by atoms with Crippen molar-refractivity contribution in [1.82, 2.24) is 10.2 Å². The van der Waals surface area contributed by atoms with Crippen molar-refractivity contribution < 1.29 is 4.79 Å². The van der Waals surface area contributed by atoms with Gasteiger partial charge in [-0.2, -0.15) is 0 Å². The minimum atomic E-state index is 0.0484. The lowest BCUT2D eigenvalue weighted by Gasteiger charge is -2.36. The zero-order valence-electron chi connectivity index (χ0n) is 19.1. The normalized spacial score (nSPS) is 18.0. The highest BCUT2D eigenvalue weighted by Crippen LogP contribution is 2.43. The number of amides is 1. The third-order valence-electron chi connectivity index (χ3n) is 6.20. The van der Waals surface area contributed by atoms with E-state index in [0.29, 0.717) is 4.58 Å². The van der Waals surface area contributed by atoms with Gasteiger partial charge < -0.3 is 10.2 Å². The van der Waals surface area contributed by atoms with Crippen molar-refractivity contribution >= 4 is 35.1 Å². The molecule has 0 aliphatic carbocycles. The number of rotatable bonds is 8. The van der Waals surface area contributed by atoms with Crippen LogP contribution in [0.15, 0.2) is 48.5 Å². The van der Waals surface area contributed by atoms with Crippen LogP contribution in [0.25, 0.3) is 0 Å². The van der Waals surface area contributed by atoms with Crippen LogP contribution >= 0.6 is 23.5 Å². The van der Waals surface area contributed by atoms with Crippen molar-refractivity contribution in [3.63, 3.8) is 0 Å². The Hall–Kier alpha value is -1.63. The van der Waals surface area contributed by atoms with Crippen LogP contribution < -0.4 is 10.2 Å². The SMILES string of the molecule is Cc1cccc(N2CCN(CCCCNC(=O)c3ccc(C4SCCCS4)cc3)CC2)c1. The number of hydrogen-bond acceptors (Lipinski definition) is 5. The predicted molar refractivity (Wildman–Crippen MR) is 140 cm³/mol. The van der Waals surface area contributed by atoms with E-state index < -0.39 is 0 Å². The lowest BCUT2D eigenvalue weighted by molar-refractivity contribution is 0.0952. The van der Waals surface area contributed by atoms with Crippen LogP contribution in [0.5, 0.6) is 0 Å². The number of carbonyl (C=O) groups excluding carboxylic acids is 1. The summed E-state index contributed by atoms with van der Waals surface area (Å²) in [4.78, 5) is 17.5. The molecule has 2 heterocycles. The number of piperazine rings is 1. The highest BCUT2D eigenvalue weighted by atomic mass is 32.2. The standard InChI is InChI=1S/C26H35N3OS2/c1-21-6-4-7-24(20-21)29-16-14-28(15-17-29)13-3-2-12-27-25(30)22-8-10-23(11-9-22)26-31-18-5-19-32-26/h4,6-11,20,26H,2-3,5,12-19H2,1H3,(H,27,30). The molecule has 0 radical (unpaired) electrons. The van der Waals surface area contributed by atoms with Crippen LogP contribution in [0, 0.1) is 6.92 Å². The molecule has 1 N–H and O–H groups in total. The monoisotopic (exact) mass is 469 g/mol. The van der Waals surface area contributed by atoms with E-state index in [1.807, 2.05) is 35.7 Å². The Labute approximate surface area is 201 Å². The summed E-state index contributed by atoms with van der Waals surface area (Å²) >= 11 is 4.03. The number of carbonyl (C=O) groups is 1. The fourth-order valence-corrected chi connectivity index (χ4v) is 7.18. The Kier molecular flexibility index (Phi) is 8.83. The van der Waals surface area contributed by atoms with Crippen molar-refractivity contribution in [2.75, 3.05) is 55.7 Å². The van der Waals surface area contributed by atoms with Crippen LogP contribution in [-0.2, 0) is 0 Å². The Bertz CT molecular complexity index is 860. The number of benzene rings is 2. The first-order valence-electron chi connectivity index (χ1n) is 11.8. The lowest BCUT2D eigenvalue weighted by Crippen LogP contribution is -2.46. The maximum absolute atomic E-state index is 12.5. The van der Waals surface area contributed by atoms with Crippen LogP contribution in [0.3, 0.4) is 0 Å². The molecular weight excluding hydrogens is 434 g/mol. The van der Waals surface area contributed by atoms with Gasteiger partial charge in [-0.1, -0.05) is 24.3 Å². The van der Waals surface area contributed by atoms with Crippen molar-refractivity contribution in [2.24, 2.45) is 0 Å². The molecule has 2 saturated heterocycles. The number of nitrogens with zero attached hydrogens (tertiary/aromatic N) is 2. The molecule has 0 atom stereocenters. The van der Waals surface area contributed by atoms with E-state index in [9.17, 15) is 4.79 Å². The number of hydrogen-bond donors (Lipinski definition) is 1. The maximum atomic E-state index is 12.5. The second kappa shape index (κ2) is 12.0. The number of anilines is 1. The van der Waals surface area contributed by atoms with Gasteiger partial charge in [-0.25, -0.2) is 0 Å². The fraction of sp³-hybridized carbons (Fsp3) is 0.500. The van der Waals surface area contributed by atoms with Crippen LogP contribution in [0.1, 0.15) is 45.3 Å². The molecule has 172 valence electrons. The highest BCUT2D eigenvalue weighted by Gasteiger charge is 2.18. The van der Waals surface area contributed by atoms with Gasteiger partial charge in [-0.3, -0.25) is 9.69 Å². The topological polar surface area (TPSA) is 35.6 Å². The van der Waals surface area contributed by atoms with E-state index >= 15 is 0 Å². The summed E-state index contributed by atoms with van der Waals surface area (Å²) in [6.07, 6.45) is 3.45. The number of nitrogens with one attached hydrogen (secondary N) is 1. The first-order chi connectivity index (χ1) is 15.7. The summed E-state index contributed by atoms with van der Waals surface area (Å²) < 4.78 is 0.527. The molecule has 0 bridgehead atoms. The first-order valence-corrected chi connectivity index (χ1v) is 13.9. The predicted octanol–water partition coefficient (Wildman–Crippen LogP) is 5.20. The van der Waals surface area contributed by atoms with Gasteiger partial charge in [0.2, 0.25) is 0 Å². The second-order valence-corrected chi connectivity index (χ2v) is 11.4. The average molecular weight is 470 g/mol. The molecule has 2 fully saturated rings. The van der Waals surface area contributed by atoms with E-state index in [2.05, 4.69) is 58.4 Å². The first kappa shape index (κ1) is 23.5. The van der Waals surface area contributed by atoms with Gasteiger partial charge in [-0.15, -0.1) is 23.5 Å². The van der Waals surface area contributed by atoms with Gasteiger partial charge in [0.25, 0.3) is 5.91 Å². The minimum Gasteiger partial charge on any atom is -0.369 e. The summed E-state index contributed by atoms with van der Waals surface area (Å²) in [5, 5.41) is 3.09. The minimum absolute atomic E-state index is 0.0484. The fourth-order valence-electron chi connectivity index (χ4n) is 4.29. The third kappa shape index (κ3) is 6.69. The molecule has 1 amide bonds. The van der Waals surface area contributed by atoms with Crippen LogP contribution in [-0.4, -0.2) is 61.6 Å².